The third-order valence-electron chi connectivity index (χ3n) is 4.34. The maximum absolute atomic E-state index is 6.20. The highest BCUT2D eigenvalue weighted by Crippen LogP contribution is 2.36. The molecule has 3 nitrogen and oxygen atoms in total. The molecule has 2 aromatic rings. The molecule has 0 atom stereocenters. The minimum absolute atomic E-state index is 0.293. The number of aryl methyl sites for hydroxylation is 1. The molecule has 0 aliphatic heterocycles. The molecular weight excluding hydrogens is 264 g/mol. The lowest BCUT2D eigenvalue weighted by Crippen LogP contribution is -2.41. The Morgan fingerprint density at radius 3 is 2.65 bits per heavy atom. The molecule has 2 rings (SSSR count). The molecule has 0 aliphatic carbocycles. The van der Waals surface area contributed by atoms with Crippen LogP contribution in [0, 0.1) is 0 Å². The average Bonchev–Trinajstić information content (AvgIpc) is 2.80. The number of fused-ring (bicyclic) bond motifs is 1. The Bertz CT molecular complexity index is 569. The number of rotatable bonds is 5. The Morgan fingerprint density at radius 2 is 1.95 bits per heavy atom. The Kier molecular flexibility index (Phi) is 4.35. The van der Waals surface area contributed by atoms with E-state index in [1.165, 1.54) is 5.56 Å². The van der Waals surface area contributed by atoms with Gasteiger partial charge in [-0.2, -0.15) is 5.10 Å². The smallest absolute Gasteiger partial charge is 0.191 e. The van der Waals surface area contributed by atoms with E-state index in [2.05, 4.69) is 57.3 Å². The normalized spacial score (nSPS) is 13.1. The van der Waals surface area contributed by atoms with Crippen molar-refractivity contribution in [2.75, 3.05) is 6.61 Å². The molecule has 0 aromatic carbocycles. The van der Waals surface area contributed by atoms with E-state index >= 15 is 0 Å². The highest BCUT2D eigenvalue weighted by Gasteiger charge is 2.36. The zero-order chi connectivity index (χ0) is 14.8. The first-order valence-electron chi connectivity index (χ1n) is 7.36. The third-order valence-corrected chi connectivity index (χ3v) is 8.87. The van der Waals surface area contributed by atoms with Gasteiger partial charge in [0.25, 0.3) is 0 Å². The van der Waals surface area contributed by atoms with Crippen molar-refractivity contribution in [2.45, 2.75) is 51.7 Å². The van der Waals surface area contributed by atoms with E-state index in [1.54, 1.807) is 0 Å². The van der Waals surface area contributed by atoms with Crippen LogP contribution in [0.1, 0.15) is 32.8 Å². The molecule has 2 heterocycles. The molecule has 0 bridgehead atoms. The van der Waals surface area contributed by atoms with E-state index in [0.29, 0.717) is 5.04 Å². The van der Waals surface area contributed by atoms with Gasteiger partial charge in [-0.05, 0) is 48.7 Å². The van der Waals surface area contributed by atoms with Gasteiger partial charge in [-0.1, -0.05) is 26.8 Å². The summed E-state index contributed by atoms with van der Waals surface area (Å²) in [5.41, 5.74) is 2.46. The third kappa shape index (κ3) is 3.49. The first kappa shape index (κ1) is 15.3. The second-order valence-corrected chi connectivity index (χ2v) is 11.8. The van der Waals surface area contributed by atoms with Gasteiger partial charge in [0, 0.05) is 19.0 Å². The quantitative estimate of drug-likeness (QED) is 0.606. The van der Waals surface area contributed by atoms with E-state index in [1.807, 2.05) is 16.8 Å². The summed E-state index contributed by atoms with van der Waals surface area (Å²) in [5, 5.41) is 4.56. The van der Waals surface area contributed by atoms with Crippen LogP contribution < -0.4 is 0 Å². The molecule has 0 amide bonds. The Morgan fingerprint density at radius 1 is 1.20 bits per heavy atom. The molecule has 0 N–H and O–H groups in total. The highest BCUT2D eigenvalue weighted by molar-refractivity contribution is 6.74. The van der Waals surface area contributed by atoms with Crippen LogP contribution in [0.2, 0.25) is 18.1 Å². The molecule has 20 heavy (non-hydrogen) atoms. The lowest BCUT2D eigenvalue weighted by atomic mass is 10.1. The molecule has 4 heteroatoms. The van der Waals surface area contributed by atoms with Crippen LogP contribution in [-0.2, 0) is 10.8 Å². The van der Waals surface area contributed by atoms with E-state index in [-0.39, 0.29) is 0 Å². The molecule has 0 spiro atoms. The zero-order valence-electron chi connectivity index (χ0n) is 13.3. The monoisotopic (exact) mass is 290 g/mol. The molecule has 110 valence electrons. The lowest BCUT2D eigenvalue weighted by Gasteiger charge is -2.36. The number of hydrogen-bond donors (Lipinski definition) is 0. The number of pyridine rings is 1. The highest BCUT2D eigenvalue weighted by atomic mass is 28.4. The molecular formula is C16H26N2OSi. The van der Waals surface area contributed by atoms with Crippen molar-refractivity contribution in [3.05, 3.63) is 36.2 Å². The van der Waals surface area contributed by atoms with E-state index < -0.39 is 8.32 Å². The van der Waals surface area contributed by atoms with Crippen molar-refractivity contribution in [2.24, 2.45) is 0 Å². The van der Waals surface area contributed by atoms with Crippen LogP contribution in [0.4, 0.5) is 0 Å². The second kappa shape index (κ2) is 5.70. The molecule has 0 radical (unpaired) electrons. The second-order valence-electron chi connectivity index (χ2n) is 6.95. The van der Waals surface area contributed by atoms with Gasteiger partial charge in [0.1, 0.15) is 0 Å². The summed E-state index contributed by atoms with van der Waals surface area (Å²) in [7, 11) is -1.59. The molecule has 0 saturated carbocycles. The molecule has 2 aromatic heterocycles. The van der Waals surface area contributed by atoms with E-state index in [4.69, 9.17) is 4.43 Å². The summed E-state index contributed by atoms with van der Waals surface area (Å²) in [5.74, 6) is 0. The van der Waals surface area contributed by atoms with Crippen LogP contribution in [0.5, 0.6) is 0 Å². The fourth-order valence-electron chi connectivity index (χ4n) is 1.92. The number of nitrogens with zero attached hydrogens (tertiary/aromatic N) is 2. The molecule has 0 unspecified atom stereocenters. The predicted octanol–water partition coefficient (Wildman–Crippen LogP) is 4.29. The number of aromatic nitrogens is 2. The summed E-state index contributed by atoms with van der Waals surface area (Å²) >= 11 is 0. The fraction of sp³-hybridized carbons (Fsp3) is 0.562. The zero-order valence-corrected chi connectivity index (χ0v) is 14.3. The van der Waals surface area contributed by atoms with Gasteiger partial charge < -0.3 is 4.43 Å². The van der Waals surface area contributed by atoms with Crippen molar-refractivity contribution in [3.63, 3.8) is 0 Å². The van der Waals surface area contributed by atoms with E-state index in [0.717, 1.165) is 25.0 Å². The van der Waals surface area contributed by atoms with Crippen molar-refractivity contribution in [3.8, 4) is 0 Å². The summed E-state index contributed by atoms with van der Waals surface area (Å²) in [6.45, 7) is 12.3. The van der Waals surface area contributed by atoms with Crippen LogP contribution in [0.15, 0.2) is 30.6 Å². The van der Waals surface area contributed by atoms with Crippen molar-refractivity contribution < 1.29 is 4.43 Å². The van der Waals surface area contributed by atoms with Gasteiger partial charge in [-0.25, -0.2) is 4.52 Å². The van der Waals surface area contributed by atoms with Gasteiger partial charge in [-0.3, -0.25) is 0 Å². The molecule has 0 fully saturated rings. The Balaban J connectivity index is 1.84. The minimum Gasteiger partial charge on any atom is -0.417 e. The first-order valence-corrected chi connectivity index (χ1v) is 10.3. The van der Waals surface area contributed by atoms with Gasteiger partial charge >= 0.3 is 0 Å². The van der Waals surface area contributed by atoms with Crippen molar-refractivity contribution in [1.82, 2.24) is 9.61 Å². The molecule has 0 aliphatic rings. The van der Waals surface area contributed by atoms with Crippen molar-refractivity contribution >= 4 is 13.8 Å². The van der Waals surface area contributed by atoms with Crippen molar-refractivity contribution in [1.29, 1.82) is 0 Å². The van der Waals surface area contributed by atoms with Gasteiger partial charge in [-0.15, -0.1) is 0 Å². The summed E-state index contributed by atoms with van der Waals surface area (Å²) in [6, 6.07) is 6.32. The average molecular weight is 290 g/mol. The maximum Gasteiger partial charge on any atom is 0.191 e. The SMILES string of the molecule is CC(C)(C)[Si](C)(C)OCCCc1ccc2ccnn2c1. The molecule has 0 saturated heterocycles. The van der Waals surface area contributed by atoms with Crippen LogP contribution in [-0.4, -0.2) is 24.5 Å². The Labute approximate surface area is 123 Å². The largest absolute Gasteiger partial charge is 0.417 e. The summed E-state index contributed by atoms with van der Waals surface area (Å²) < 4.78 is 8.14. The fourth-order valence-corrected chi connectivity index (χ4v) is 3.01. The van der Waals surface area contributed by atoms with Gasteiger partial charge in [0.2, 0.25) is 0 Å². The lowest BCUT2D eigenvalue weighted by molar-refractivity contribution is 0.282. The van der Waals surface area contributed by atoms with Crippen LogP contribution >= 0.6 is 0 Å². The summed E-state index contributed by atoms with van der Waals surface area (Å²) in [6.07, 6.45) is 6.06. The number of hydrogen-bond acceptors (Lipinski definition) is 2. The van der Waals surface area contributed by atoms with E-state index in [9.17, 15) is 0 Å². The van der Waals surface area contributed by atoms with Crippen LogP contribution in [0.25, 0.3) is 5.52 Å². The summed E-state index contributed by atoms with van der Waals surface area (Å²) in [4.78, 5) is 0. The Hall–Kier alpha value is -1.13. The topological polar surface area (TPSA) is 26.5 Å². The maximum atomic E-state index is 6.20. The predicted molar refractivity (Wildman–Crippen MR) is 86.7 cm³/mol. The standard InChI is InChI=1S/C16H26N2OSi/c1-16(2,3)20(4,5)19-12-6-7-14-8-9-15-10-11-17-18(15)13-14/h8-11,13H,6-7,12H2,1-5H3. The first-order chi connectivity index (χ1) is 9.29. The van der Waals surface area contributed by atoms with Crippen LogP contribution in [0.3, 0.4) is 0 Å². The van der Waals surface area contributed by atoms with Gasteiger partial charge in [0.15, 0.2) is 8.32 Å². The van der Waals surface area contributed by atoms with Gasteiger partial charge in [0.05, 0.1) is 5.52 Å². The minimum atomic E-state index is -1.59.